The number of amides is 1. The number of hydrogen-bond donors (Lipinski definition) is 0. The van der Waals surface area contributed by atoms with Crippen LogP contribution in [0.2, 0.25) is 5.02 Å². The van der Waals surface area contributed by atoms with Gasteiger partial charge in [0.25, 0.3) is 5.91 Å². The van der Waals surface area contributed by atoms with Gasteiger partial charge in [0.15, 0.2) is 9.84 Å². The number of carbonyl (C=O) groups excluding carboxylic acids is 1. The van der Waals surface area contributed by atoms with Crippen molar-refractivity contribution in [1.29, 1.82) is 0 Å². The van der Waals surface area contributed by atoms with Crippen LogP contribution in [0.5, 0.6) is 0 Å². The van der Waals surface area contributed by atoms with E-state index in [2.05, 4.69) is 0 Å². The van der Waals surface area contributed by atoms with Crippen LogP contribution in [0.15, 0.2) is 53.4 Å². The molecule has 2 heterocycles. The normalized spacial score (nSPS) is 22.5. The van der Waals surface area contributed by atoms with Crippen LogP contribution in [0, 0.1) is 0 Å². The van der Waals surface area contributed by atoms with Crippen molar-refractivity contribution in [2.45, 2.75) is 42.1 Å². The topological polar surface area (TPSA) is 63.7 Å². The molecule has 0 bridgehead atoms. The summed E-state index contributed by atoms with van der Waals surface area (Å²) in [6, 6.07) is 15.1. The second-order valence-electron chi connectivity index (χ2n) is 8.09. The number of ether oxygens (including phenoxy) is 1. The number of halogens is 1. The van der Waals surface area contributed by atoms with Gasteiger partial charge in [0.2, 0.25) is 0 Å². The molecule has 31 heavy (non-hydrogen) atoms. The minimum absolute atomic E-state index is 0.0118. The lowest BCUT2D eigenvalue weighted by molar-refractivity contribution is 0.0441. The average Bonchev–Trinajstić information content (AvgIpc) is 3.40. The largest absolute Gasteiger partial charge is 0.376 e. The van der Waals surface area contributed by atoms with E-state index in [-0.39, 0.29) is 29.6 Å². The smallest absolute Gasteiger partial charge is 0.254 e. The van der Waals surface area contributed by atoms with Gasteiger partial charge in [-0.2, -0.15) is 0 Å². The second kappa shape index (κ2) is 9.94. The Labute approximate surface area is 193 Å². The number of rotatable bonds is 7. The van der Waals surface area contributed by atoms with Crippen LogP contribution >= 0.6 is 23.4 Å². The maximum Gasteiger partial charge on any atom is 0.254 e. The zero-order valence-corrected chi connectivity index (χ0v) is 19.6. The molecule has 0 unspecified atom stereocenters. The van der Waals surface area contributed by atoms with E-state index in [4.69, 9.17) is 16.3 Å². The molecule has 0 spiro atoms. The molecule has 0 radical (unpaired) electrons. The van der Waals surface area contributed by atoms with Crippen molar-refractivity contribution >= 4 is 39.1 Å². The molecule has 0 aromatic heterocycles. The molecular formula is C23H26ClNO4S2. The molecule has 2 atom stereocenters. The van der Waals surface area contributed by atoms with Crippen LogP contribution in [-0.4, -0.2) is 56.0 Å². The third-order valence-corrected chi connectivity index (χ3v) is 8.84. The zero-order chi connectivity index (χ0) is 21.8. The van der Waals surface area contributed by atoms with Crippen LogP contribution < -0.4 is 0 Å². The summed E-state index contributed by atoms with van der Waals surface area (Å²) >= 11 is 7.64. The summed E-state index contributed by atoms with van der Waals surface area (Å²) in [5, 5.41) is 0.717. The quantitative estimate of drug-likeness (QED) is 0.549. The summed E-state index contributed by atoms with van der Waals surface area (Å²) in [7, 11) is -3.08. The highest BCUT2D eigenvalue weighted by Gasteiger charge is 2.36. The van der Waals surface area contributed by atoms with Crippen LogP contribution in [-0.2, 0) is 20.3 Å². The second-order valence-corrected chi connectivity index (χ2v) is 11.8. The SMILES string of the molecule is O=C(c1ccc(CSc2ccc(Cl)cc2)cc1)N(C[C@H]1CCCO1)[C@H]1CCS(=O)(=O)C1. The molecule has 166 valence electrons. The fraction of sp³-hybridized carbons (Fsp3) is 0.435. The number of carbonyl (C=O) groups is 1. The van der Waals surface area contributed by atoms with Gasteiger partial charge in [-0.1, -0.05) is 23.7 Å². The molecule has 2 saturated heterocycles. The fourth-order valence-corrected chi connectivity index (χ4v) is 6.74. The first-order valence-corrected chi connectivity index (χ1v) is 13.7. The predicted molar refractivity (Wildman–Crippen MR) is 125 cm³/mol. The van der Waals surface area contributed by atoms with E-state index in [9.17, 15) is 13.2 Å². The Morgan fingerprint density at radius 3 is 2.45 bits per heavy atom. The van der Waals surface area contributed by atoms with E-state index in [0.29, 0.717) is 25.1 Å². The predicted octanol–water partition coefficient (Wildman–Crippen LogP) is 4.44. The van der Waals surface area contributed by atoms with Gasteiger partial charge in [-0.3, -0.25) is 4.79 Å². The van der Waals surface area contributed by atoms with E-state index in [1.54, 1.807) is 16.7 Å². The van der Waals surface area contributed by atoms with Crippen molar-refractivity contribution < 1.29 is 17.9 Å². The van der Waals surface area contributed by atoms with Crippen molar-refractivity contribution in [2.24, 2.45) is 0 Å². The minimum Gasteiger partial charge on any atom is -0.376 e. The van der Waals surface area contributed by atoms with Gasteiger partial charge < -0.3 is 9.64 Å². The van der Waals surface area contributed by atoms with Crippen molar-refractivity contribution in [3.8, 4) is 0 Å². The molecule has 2 fully saturated rings. The minimum atomic E-state index is -3.08. The Morgan fingerprint density at radius 1 is 1.10 bits per heavy atom. The van der Waals surface area contributed by atoms with E-state index in [0.717, 1.165) is 34.1 Å². The summed E-state index contributed by atoms with van der Waals surface area (Å²) in [4.78, 5) is 16.2. The van der Waals surface area contributed by atoms with E-state index >= 15 is 0 Å². The van der Waals surface area contributed by atoms with Crippen molar-refractivity contribution in [3.05, 3.63) is 64.7 Å². The summed E-state index contributed by atoms with van der Waals surface area (Å²) in [5.74, 6) is 0.862. The first kappa shape index (κ1) is 22.6. The number of thioether (sulfide) groups is 1. The number of nitrogens with zero attached hydrogens (tertiary/aromatic N) is 1. The van der Waals surface area contributed by atoms with Gasteiger partial charge in [0.1, 0.15) is 0 Å². The highest BCUT2D eigenvalue weighted by Crippen LogP contribution is 2.26. The van der Waals surface area contributed by atoms with E-state index < -0.39 is 9.84 Å². The van der Waals surface area contributed by atoms with E-state index in [1.165, 1.54) is 0 Å². The van der Waals surface area contributed by atoms with E-state index in [1.807, 2.05) is 48.5 Å². The molecule has 5 nitrogen and oxygen atoms in total. The molecule has 2 aromatic rings. The molecule has 0 N–H and O–H groups in total. The van der Waals surface area contributed by atoms with Crippen molar-refractivity contribution in [1.82, 2.24) is 4.90 Å². The molecule has 0 saturated carbocycles. The Kier molecular flexibility index (Phi) is 7.26. The van der Waals surface area contributed by atoms with Gasteiger partial charge in [0, 0.05) is 40.4 Å². The third kappa shape index (κ3) is 6.04. The van der Waals surface area contributed by atoms with Crippen LogP contribution in [0.1, 0.15) is 35.2 Å². The summed E-state index contributed by atoms with van der Waals surface area (Å²) in [6.45, 7) is 1.16. The molecule has 8 heteroatoms. The van der Waals surface area contributed by atoms with Gasteiger partial charge in [-0.15, -0.1) is 11.8 Å². The molecule has 1 amide bonds. The molecule has 2 aliphatic heterocycles. The number of hydrogen-bond acceptors (Lipinski definition) is 5. The summed E-state index contributed by atoms with van der Waals surface area (Å²) < 4.78 is 29.8. The van der Waals surface area contributed by atoms with Crippen molar-refractivity contribution in [3.63, 3.8) is 0 Å². The van der Waals surface area contributed by atoms with Gasteiger partial charge in [0.05, 0.1) is 17.6 Å². The standard InChI is InChI=1S/C23H26ClNO4S2/c24-19-7-9-22(10-8-19)30-15-17-3-5-18(6-4-17)23(26)25(14-21-2-1-12-29-21)20-11-13-31(27,28)16-20/h3-10,20-21H,1-2,11-16H2/t20-,21+/m0/s1. The van der Waals surface area contributed by atoms with Crippen LogP contribution in [0.4, 0.5) is 0 Å². The monoisotopic (exact) mass is 479 g/mol. The highest BCUT2D eigenvalue weighted by molar-refractivity contribution is 7.98. The lowest BCUT2D eigenvalue weighted by atomic mass is 10.1. The first-order chi connectivity index (χ1) is 14.9. The Bertz CT molecular complexity index is 1000. The van der Waals surface area contributed by atoms with Crippen LogP contribution in [0.25, 0.3) is 0 Å². The highest BCUT2D eigenvalue weighted by atomic mass is 35.5. The lowest BCUT2D eigenvalue weighted by Gasteiger charge is -2.30. The molecule has 2 aromatic carbocycles. The maximum atomic E-state index is 13.3. The van der Waals surface area contributed by atoms with Crippen molar-refractivity contribution in [2.75, 3.05) is 24.7 Å². The Balaban J connectivity index is 1.43. The Morgan fingerprint density at radius 2 is 1.84 bits per heavy atom. The number of sulfone groups is 1. The molecular weight excluding hydrogens is 454 g/mol. The average molecular weight is 480 g/mol. The first-order valence-electron chi connectivity index (χ1n) is 10.5. The third-order valence-electron chi connectivity index (χ3n) is 5.75. The molecule has 2 aliphatic rings. The van der Waals surface area contributed by atoms with Gasteiger partial charge in [-0.05, 0) is 61.2 Å². The van der Waals surface area contributed by atoms with Gasteiger partial charge in [-0.25, -0.2) is 8.42 Å². The van der Waals surface area contributed by atoms with Crippen LogP contribution in [0.3, 0.4) is 0 Å². The lowest BCUT2D eigenvalue weighted by Crippen LogP contribution is -2.45. The maximum absolute atomic E-state index is 13.3. The summed E-state index contributed by atoms with van der Waals surface area (Å²) in [5.41, 5.74) is 1.70. The molecule has 0 aliphatic carbocycles. The Hall–Kier alpha value is -1.54. The summed E-state index contributed by atoms with van der Waals surface area (Å²) in [6.07, 6.45) is 2.37. The number of benzene rings is 2. The zero-order valence-electron chi connectivity index (χ0n) is 17.2. The van der Waals surface area contributed by atoms with Gasteiger partial charge >= 0.3 is 0 Å². The fourth-order valence-electron chi connectivity index (χ4n) is 4.03. The molecule has 4 rings (SSSR count).